The van der Waals surface area contributed by atoms with Gasteiger partial charge in [-0.1, -0.05) is 65.4 Å². The number of carbonyl (C=O) groups excluding carboxylic acids is 1. The fourth-order valence-corrected chi connectivity index (χ4v) is 7.62. The normalized spacial score (nSPS) is 18.2. The van der Waals surface area contributed by atoms with Gasteiger partial charge in [0.2, 0.25) is 0 Å². The first-order chi connectivity index (χ1) is 20.5. The third-order valence-electron chi connectivity index (χ3n) is 8.91. The predicted molar refractivity (Wildman–Crippen MR) is 184 cm³/mol. The molecule has 0 saturated carbocycles. The first-order valence-corrected chi connectivity index (χ1v) is 17.3. The summed E-state index contributed by atoms with van der Waals surface area (Å²) < 4.78 is 11.8. The molecule has 1 saturated heterocycles. The molecular weight excluding hydrogens is 575 g/mol. The van der Waals surface area contributed by atoms with Crippen LogP contribution in [0.4, 0.5) is 5.69 Å². The molecule has 0 unspecified atom stereocenters. The third-order valence-corrected chi connectivity index (χ3v) is 11.3. The minimum atomic E-state index is 0.0380. The molecule has 0 radical (unpaired) electrons. The van der Waals surface area contributed by atoms with Crippen molar-refractivity contribution in [3.05, 3.63) is 57.5 Å². The molecule has 1 fully saturated rings. The lowest BCUT2D eigenvalue weighted by Gasteiger charge is -2.30. The Labute approximate surface area is 267 Å². The zero-order valence-corrected chi connectivity index (χ0v) is 29.1. The van der Waals surface area contributed by atoms with E-state index in [2.05, 4.69) is 77.6 Å². The number of carbonyl (C=O) groups is 1. The second-order valence-electron chi connectivity index (χ2n) is 12.4. The van der Waals surface area contributed by atoms with Crippen LogP contribution >= 0.6 is 23.5 Å². The van der Waals surface area contributed by atoms with Crippen molar-refractivity contribution >= 4 is 40.3 Å². The Balaban J connectivity index is 1.40. The SMILES string of the molecule is CCN1C(=O)/C(=C2/Sc3ccc(OC)cc3N2CC)SC1=NCCCCOc1ccc(C(C)(C)CC)cc1C(C)(C)CC. The summed E-state index contributed by atoms with van der Waals surface area (Å²) >= 11 is 3.16. The van der Waals surface area contributed by atoms with Crippen LogP contribution in [0.15, 0.2) is 56.2 Å². The topological polar surface area (TPSA) is 54.4 Å². The average molecular weight is 624 g/mol. The van der Waals surface area contributed by atoms with Gasteiger partial charge < -0.3 is 14.4 Å². The molecule has 2 aliphatic heterocycles. The maximum absolute atomic E-state index is 13.5. The Morgan fingerprint density at radius 3 is 2.23 bits per heavy atom. The van der Waals surface area contributed by atoms with Crippen molar-refractivity contribution in [2.24, 2.45) is 4.99 Å². The molecule has 4 rings (SSSR count). The van der Waals surface area contributed by atoms with Crippen LogP contribution in [0.2, 0.25) is 0 Å². The molecule has 0 bridgehead atoms. The predicted octanol–water partition coefficient (Wildman–Crippen LogP) is 8.98. The van der Waals surface area contributed by atoms with Crippen LogP contribution in [0.1, 0.15) is 92.2 Å². The molecular formula is C35H49N3O3S2. The summed E-state index contributed by atoms with van der Waals surface area (Å²) in [5, 5.41) is 1.78. The van der Waals surface area contributed by atoms with Crippen LogP contribution < -0.4 is 14.4 Å². The van der Waals surface area contributed by atoms with Crippen molar-refractivity contribution in [3.8, 4) is 11.5 Å². The van der Waals surface area contributed by atoms with Crippen molar-refractivity contribution in [1.82, 2.24) is 4.90 Å². The van der Waals surface area contributed by atoms with Crippen LogP contribution in [0, 0.1) is 0 Å². The zero-order valence-electron chi connectivity index (χ0n) is 27.5. The maximum atomic E-state index is 13.5. The number of anilines is 1. The van der Waals surface area contributed by atoms with E-state index in [0.717, 1.165) is 69.4 Å². The molecule has 43 heavy (non-hydrogen) atoms. The maximum Gasteiger partial charge on any atom is 0.269 e. The molecule has 8 heteroatoms. The molecule has 1 amide bonds. The minimum Gasteiger partial charge on any atom is -0.497 e. The molecule has 0 aliphatic carbocycles. The number of thioether (sulfide) groups is 2. The quantitative estimate of drug-likeness (QED) is 0.164. The highest BCUT2D eigenvalue weighted by Gasteiger charge is 2.39. The van der Waals surface area contributed by atoms with Crippen LogP contribution in [0.3, 0.4) is 0 Å². The van der Waals surface area contributed by atoms with E-state index in [4.69, 9.17) is 14.5 Å². The number of hydrogen-bond acceptors (Lipinski definition) is 7. The standard InChI is InChI=1S/C35H49N3O3S2/c1-10-34(5,6)24-16-18-28(26(22-24)35(7,8)11-2)41-21-15-14-20-36-33-38(13-4)31(39)30(43-33)32-37(12-3)27-23-25(40-9)17-19-29(27)42-32/h16-19,22-23H,10-15,20-21H2,1-9H3/b32-30-,36-33?. The number of rotatable bonds is 13. The molecule has 2 aliphatic rings. The number of amides is 1. The fourth-order valence-electron chi connectivity index (χ4n) is 5.17. The summed E-state index contributed by atoms with van der Waals surface area (Å²) in [4.78, 5) is 24.3. The second-order valence-corrected chi connectivity index (χ2v) is 14.4. The van der Waals surface area contributed by atoms with Gasteiger partial charge in [0.05, 0.1) is 19.4 Å². The van der Waals surface area contributed by atoms with Gasteiger partial charge in [-0.2, -0.15) is 0 Å². The Morgan fingerprint density at radius 1 is 0.860 bits per heavy atom. The fraction of sp³-hybridized carbons (Fsp3) is 0.543. The van der Waals surface area contributed by atoms with Crippen molar-refractivity contribution < 1.29 is 14.3 Å². The number of hydrogen-bond donors (Lipinski definition) is 0. The van der Waals surface area contributed by atoms with Gasteiger partial charge >= 0.3 is 0 Å². The van der Waals surface area contributed by atoms with E-state index in [-0.39, 0.29) is 16.7 Å². The zero-order chi connectivity index (χ0) is 31.4. The summed E-state index contributed by atoms with van der Waals surface area (Å²) in [6, 6.07) is 12.9. The number of fused-ring (bicyclic) bond motifs is 1. The molecule has 6 nitrogen and oxygen atoms in total. The number of benzene rings is 2. The van der Waals surface area contributed by atoms with E-state index in [1.54, 1.807) is 23.8 Å². The summed E-state index contributed by atoms with van der Waals surface area (Å²) in [6.07, 6.45) is 3.95. The summed E-state index contributed by atoms with van der Waals surface area (Å²) in [7, 11) is 1.68. The molecule has 0 atom stereocenters. The van der Waals surface area contributed by atoms with Gasteiger partial charge in [0.15, 0.2) is 5.17 Å². The van der Waals surface area contributed by atoms with Crippen LogP contribution in [0.5, 0.6) is 11.5 Å². The number of methoxy groups -OCH3 is 1. The van der Waals surface area contributed by atoms with Gasteiger partial charge in [-0.15, -0.1) is 0 Å². The lowest BCUT2D eigenvalue weighted by Crippen LogP contribution is -2.29. The van der Waals surface area contributed by atoms with Crippen LogP contribution in [0.25, 0.3) is 0 Å². The average Bonchev–Trinajstić information content (AvgIpc) is 3.53. The van der Waals surface area contributed by atoms with Gasteiger partial charge in [0.25, 0.3) is 5.91 Å². The molecule has 0 spiro atoms. The summed E-state index contributed by atoms with van der Waals surface area (Å²) in [5.74, 6) is 1.85. The van der Waals surface area contributed by atoms with E-state index in [1.807, 2.05) is 19.1 Å². The number of aliphatic imine (C=N–C) groups is 1. The van der Waals surface area contributed by atoms with E-state index in [1.165, 1.54) is 22.9 Å². The molecule has 234 valence electrons. The number of amidine groups is 1. The molecule has 2 aromatic rings. The lowest BCUT2D eigenvalue weighted by molar-refractivity contribution is -0.122. The number of ether oxygens (including phenoxy) is 2. The first kappa shape index (κ1) is 33.3. The Kier molecular flexibility index (Phi) is 10.9. The molecule has 0 aromatic heterocycles. The lowest BCUT2D eigenvalue weighted by atomic mass is 9.76. The first-order valence-electron chi connectivity index (χ1n) is 15.7. The van der Waals surface area contributed by atoms with E-state index < -0.39 is 0 Å². The molecule has 0 N–H and O–H groups in total. The Hall–Kier alpha value is -2.58. The molecule has 2 aromatic carbocycles. The van der Waals surface area contributed by atoms with E-state index >= 15 is 0 Å². The van der Waals surface area contributed by atoms with E-state index in [9.17, 15) is 4.79 Å². The number of nitrogens with zero attached hydrogens (tertiary/aromatic N) is 3. The van der Waals surface area contributed by atoms with Crippen LogP contribution in [-0.4, -0.2) is 49.3 Å². The molecule has 2 heterocycles. The largest absolute Gasteiger partial charge is 0.497 e. The number of unbranched alkanes of at least 4 members (excludes halogenated alkanes) is 1. The van der Waals surface area contributed by atoms with Gasteiger partial charge in [-0.05, 0) is 85.9 Å². The van der Waals surface area contributed by atoms with Crippen molar-refractivity contribution in [1.29, 1.82) is 0 Å². The highest BCUT2D eigenvalue weighted by Crippen LogP contribution is 2.51. The van der Waals surface area contributed by atoms with E-state index in [0.29, 0.717) is 19.7 Å². The van der Waals surface area contributed by atoms with Crippen molar-refractivity contribution in [2.45, 2.75) is 96.8 Å². The van der Waals surface area contributed by atoms with Crippen molar-refractivity contribution in [2.75, 3.05) is 38.3 Å². The van der Waals surface area contributed by atoms with Gasteiger partial charge in [0, 0.05) is 36.2 Å². The third kappa shape index (κ3) is 7.06. The smallest absolute Gasteiger partial charge is 0.269 e. The Morgan fingerprint density at radius 2 is 1.58 bits per heavy atom. The minimum absolute atomic E-state index is 0.0380. The Bertz CT molecular complexity index is 1380. The van der Waals surface area contributed by atoms with Crippen LogP contribution in [-0.2, 0) is 15.6 Å². The van der Waals surface area contributed by atoms with Gasteiger partial charge in [0.1, 0.15) is 21.4 Å². The monoisotopic (exact) mass is 623 g/mol. The highest BCUT2D eigenvalue weighted by molar-refractivity contribution is 8.19. The van der Waals surface area contributed by atoms with Gasteiger partial charge in [-0.25, -0.2) is 0 Å². The highest BCUT2D eigenvalue weighted by atomic mass is 32.2. The number of likely N-dealkylation sites (N-methyl/N-ethyl adjacent to an activating group) is 1. The summed E-state index contributed by atoms with van der Waals surface area (Å²) in [6.45, 7) is 20.5. The van der Waals surface area contributed by atoms with Crippen molar-refractivity contribution in [3.63, 3.8) is 0 Å². The second kappa shape index (κ2) is 14.0. The summed E-state index contributed by atoms with van der Waals surface area (Å²) in [5.41, 5.74) is 3.93. The van der Waals surface area contributed by atoms with Gasteiger partial charge in [-0.3, -0.25) is 14.7 Å².